The lowest BCUT2D eigenvalue weighted by Gasteiger charge is -2.09. The zero-order chi connectivity index (χ0) is 14.8. The Labute approximate surface area is 129 Å². The lowest BCUT2D eigenvalue weighted by molar-refractivity contribution is 0.219. The third kappa shape index (κ3) is 2.89. The van der Waals surface area contributed by atoms with Gasteiger partial charge in [0.05, 0.1) is 16.4 Å². The molecule has 0 spiro atoms. The van der Waals surface area contributed by atoms with Crippen LogP contribution in [0.25, 0.3) is 5.69 Å². The maximum atomic E-state index is 13.5. The quantitative estimate of drug-likeness (QED) is 0.781. The molecular formula is C16H12BrFN2O. The van der Waals surface area contributed by atoms with Crippen LogP contribution in [-0.4, -0.2) is 14.9 Å². The molecule has 0 aliphatic heterocycles. The minimum atomic E-state index is -0.912. The lowest BCUT2D eigenvalue weighted by atomic mass is 10.0. The molecule has 0 saturated heterocycles. The van der Waals surface area contributed by atoms with Gasteiger partial charge in [-0.1, -0.05) is 24.3 Å². The SMILES string of the molecule is OC(c1ccc(Br)c(F)c1)c1cnn(-c2ccccc2)c1. The number of benzene rings is 2. The number of para-hydroxylation sites is 1. The molecule has 0 bridgehead atoms. The van der Waals surface area contributed by atoms with E-state index in [9.17, 15) is 9.50 Å². The Morgan fingerprint density at radius 3 is 2.57 bits per heavy atom. The molecule has 0 aliphatic rings. The largest absolute Gasteiger partial charge is 0.384 e. The van der Waals surface area contributed by atoms with E-state index in [0.29, 0.717) is 15.6 Å². The van der Waals surface area contributed by atoms with Crippen LogP contribution in [0.15, 0.2) is 65.4 Å². The van der Waals surface area contributed by atoms with Gasteiger partial charge in [-0.25, -0.2) is 9.07 Å². The summed E-state index contributed by atoms with van der Waals surface area (Å²) in [6, 6.07) is 14.2. The van der Waals surface area contributed by atoms with Gasteiger partial charge in [0.25, 0.3) is 0 Å². The Balaban J connectivity index is 1.90. The van der Waals surface area contributed by atoms with Crippen molar-refractivity contribution in [1.29, 1.82) is 0 Å². The van der Waals surface area contributed by atoms with Crippen molar-refractivity contribution in [2.45, 2.75) is 6.10 Å². The van der Waals surface area contributed by atoms with Crippen LogP contribution in [0.3, 0.4) is 0 Å². The van der Waals surface area contributed by atoms with E-state index >= 15 is 0 Å². The van der Waals surface area contributed by atoms with Gasteiger partial charge in [-0.15, -0.1) is 0 Å². The molecule has 0 saturated carbocycles. The number of halogens is 2. The molecule has 0 amide bonds. The summed E-state index contributed by atoms with van der Waals surface area (Å²) >= 11 is 3.10. The summed E-state index contributed by atoms with van der Waals surface area (Å²) in [5, 5.41) is 14.6. The summed E-state index contributed by atoms with van der Waals surface area (Å²) in [6.45, 7) is 0. The van der Waals surface area contributed by atoms with Gasteiger partial charge in [-0.05, 0) is 45.8 Å². The zero-order valence-electron chi connectivity index (χ0n) is 10.9. The predicted octanol–water partition coefficient (Wildman–Crippen LogP) is 3.86. The fourth-order valence-corrected chi connectivity index (χ4v) is 2.32. The van der Waals surface area contributed by atoms with Crippen molar-refractivity contribution in [3.05, 3.63) is 82.3 Å². The summed E-state index contributed by atoms with van der Waals surface area (Å²) in [4.78, 5) is 0. The van der Waals surface area contributed by atoms with Crippen LogP contribution in [0.4, 0.5) is 4.39 Å². The van der Waals surface area contributed by atoms with Crippen LogP contribution >= 0.6 is 15.9 Å². The van der Waals surface area contributed by atoms with Gasteiger partial charge in [0.15, 0.2) is 0 Å². The molecule has 21 heavy (non-hydrogen) atoms. The molecule has 3 aromatic rings. The van der Waals surface area contributed by atoms with Crippen molar-refractivity contribution in [3.63, 3.8) is 0 Å². The number of aliphatic hydroxyl groups excluding tert-OH is 1. The third-order valence-electron chi connectivity index (χ3n) is 3.20. The molecular weight excluding hydrogens is 335 g/mol. The lowest BCUT2D eigenvalue weighted by Crippen LogP contribution is -1.99. The van der Waals surface area contributed by atoms with Crippen molar-refractivity contribution in [2.75, 3.05) is 0 Å². The third-order valence-corrected chi connectivity index (χ3v) is 3.84. The summed E-state index contributed by atoms with van der Waals surface area (Å²) in [5.41, 5.74) is 2.00. The fourth-order valence-electron chi connectivity index (χ4n) is 2.07. The van der Waals surface area contributed by atoms with E-state index in [4.69, 9.17) is 0 Å². The molecule has 1 unspecified atom stereocenters. The molecule has 2 aromatic carbocycles. The summed E-state index contributed by atoms with van der Waals surface area (Å²) in [7, 11) is 0. The van der Waals surface area contributed by atoms with E-state index in [1.54, 1.807) is 29.2 Å². The van der Waals surface area contributed by atoms with E-state index < -0.39 is 11.9 Å². The first kappa shape index (κ1) is 14.0. The summed E-state index contributed by atoms with van der Waals surface area (Å²) < 4.78 is 15.6. The molecule has 3 rings (SSSR count). The smallest absolute Gasteiger partial charge is 0.137 e. The number of aromatic nitrogens is 2. The van der Waals surface area contributed by atoms with Gasteiger partial charge >= 0.3 is 0 Å². The number of nitrogens with zero attached hydrogens (tertiary/aromatic N) is 2. The van der Waals surface area contributed by atoms with Crippen molar-refractivity contribution < 1.29 is 9.50 Å². The first-order chi connectivity index (χ1) is 10.1. The molecule has 1 atom stereocenters. The van der Waals surface area contributed by atoms with E-state index in [-0.39, 0.29) is 0 Å². The highest BCUT2D eigenvalue weighted by molar-refractivity contribution is 9.10. The van der Waals surface area contributed by atoms with Crippen LogP contribution in [0.5, 0.6) is 0 Å². The Morgan fingerprint density at radius 2 is 1.86 bits per heavy atom. The topological polar surface area (TPSA) is 38.1 Å². The van der Waals surface area contributed by atoms with E-state index in [0.717, 1.165) is 5.69 Å². The maximum Gasteiger partial charge on any atom is 0.137 e. The normalized spacial score (nSPS) is 12.3. The van der Waals surface area contributed by atoms with Gasteiger partial charge in [0.2, 0.25) is 0 Å². The minimum Gasteiger partial charge on any atom is -0.384 e. The van der Waals surface area contributed by atoms with E-state index in [1.165, 1.54) is 6.07 Å². The van der Waals surface area contributed by atoms with Gasteiger partial charge in [-0.3, -0.25) is 0 Å². The molecule has 106 valence electrons. The number of hydrogen-bond donors (Lipinski definition) is 1. The second-order valence-corrected chi connectivity index (χ2v) is 5.48. The second-order valence-electron chi connectivity index (χ2n) is 4.63. The first-order valence-corrected chi connectivity index (χ1v) is 7.17. The van der Waals surface area contributed by atoms with Crippen LogP contribution in [0, 0.1) is 5.82 Å². The van der Waals surface area contributed by atoms with Crippen LogP contribution in [-0.2, 0) is 0 Å². The highest BCUT2D eigenvalue weighted by Crippen LogP contribution is 2.25. The Bertz CT molecular complexity index is 758. The van der Waals surface area contributed by atoms with Crippen molar-refractivity contribution in [1.82, 2.24) is 9.78 Å². The standard InChI is InChI=1S/C16H12BrFN2O/c17-14-7-6-11(8-15(14)18)16(21)12-9-19-20(10-12)13-4-2-1-3-5-13/h1-10,16,21H. The molecule has 5 heteroatoms. The maximum absolute atomic E-state index is 13.5. The number of rotatable bonds is 3. The van der Waals surface area contributed by atoms with Gasteiger partial charge in [-0.2, -0.15) is 5.10 Å². The summed E-state index contributed by atoms with van der Waals surface area (Å²) in [5.74, 6) is -0.401. The van der Waals surface area contributed by atoms with E-state index in [2.05, 4.69) is 21.0 Å². The average Bonchev–Trinajstić information content (AvgIpc) is 3.00. The Morgan fingerprint density at radius 1 is 1.10 bits per heavy atom. The Kier molecular flexibility index (Phi) is 3.86. The highest BCUT2D eigenvalue weighted by atomic mass is 79.9. The van der Waals surface area contributed by atoms with Crippen LogP contribution in [0.1, 0.15) is 17.2 Å². The first-order valence-electron chi connectivity index (χ1n) is 6.38. The molecule has 1 heterocycles. The van der Waals surface area contributed by atoms with Crippen molar-refractivity contribution in [3.8, 4) is 5.69 Å². The molecule has 0 fully saturated rings. The highest BCUT2D eigenvalue weighted by Gasteiger charge is 2.14. The fraction of sp³-hybridized carbons (Fsp3) is 0.0625. The van der Waals surface area contributed by atoms with Gasteiger partial charge < -0.3 is 5.11 Å². The molecule has 1 N–H and O–H groups in total. The minimum absolute atomic E-state index is 0.374. The van der Waals surface area contributed by atoms with Gasteiger partial charge in [0.1, 0.15) is 11.9 Å². The molecule has 0 radical (unpaired) electrons. The Hall–Kier alpha value is -1.98. The second kappa shape index (κ2) is 5.79. The molecule has 3 nitrogen and oxygen atoms in total. The molecule has 1 aromatic heterocycles. The van der Waals surface area contributed by atoms with E-state index in [1.807, 2.05) is 30.3 Å². The van der Waals surface area contributed by atoms with Crippen molar-refractivity contribution >= 4 is 15.9 Å². The van der Waals surface area contributed by atoms with Crippen molar-refractivity contribution in [2.24, 2.45) is 0 Å². The average molecular weight is 347 g/mol. The van der Waals surface area contributed by atoms with Crippen LogP contribution in [0.2, 0.25) is 0 Å². The monoisotopic (exact) mass is 346 g/mol. The number of hydrogen-bond acceptors (Lipinski definition) is 2. The predicted molar refractivity (Wildman–Crippen MR) is 81.7 cm³/mol. The zero-order valence-corrected chi connectivity index (χ0v) is 12.5. The number of aliphatic hydroxyl groups is 1. The van der Waals surface area contributed by atoms with Gasteiger partial charge in [0, 0.05) is 11.8 Å². The summed E-state index contributed by atoms with van der Waals surface area (Å²) in [6.07, 6.45) is 2.41. The van der Waals surface area contributed by atoms with Crippen LogP contribution < -0.4 is 0 Å². The molecule has 0 aliphatic carbocycles.